The van der Waals surface area contributed by atoms with Crippen LogP contribution in [0.25, 0.3) is 0 Å². The second-order valence-corrected chi connectivity index (χ2v) is 7.40. The molecule has 2 N–H and O–H groups in total. The Balaban J connectivity index is 2.21. The molecule has 3 unspecified atom stereocenters. The Hall–Kier alpha value is -0.270. The number of hydrogen-bond donors (Lipinski definition) is 2. The molecule has 1 saturated heterocycles. The van der Waals surface area contributed by atoms with Gasteiger partial charge < -0.3 is 0 Å². The van der Waals surface area contributed by atoms with Crippen LogP contribution in [-0.2, 0) is 10.1 Å². The van der Waals surface area contributed by atoms with E-state index in [-0.39, 0.29) is 11.3 Å². The van der Waals surface area contributed by atoms with Crippen molar-refractivity contribution in [1.82, 2.24) is 5.32 Å². The van der Waals surface area contributed by atoms with Crippen LogP contribution in [0.5, 0.6) is 0 Å². The monoisotopic (exact) mass is 293 g/mol. The first-order valence-electron chi connectivity index (χ1n) is 5.01. The van der Waals surface area contributed by atoms with Crippen molar-refractivity contribution < 1.29 is 13.0 Å². The average Bonchev–Trinajstić information content (AvgIpc) is 2.61. The lowest BCUT2D eigenvalue weighted by molar-refractivity contribution is 0.466. The van der Waals surface area contributed by atoms with E-state index in [1.807, 2.05) is 19.1 Å². The second-order valence-electron chi connectivity index (χ2n) is 3.91. The smallest absolute Gasteiger partial charge is 0.287 e. The third-order valence-electron chi connectivity index (χ3n) is 2.59. The molecule has 2 rings (SSSR count). The fourth-order valence-corrected chi connectivity index (χ4v) is 4.39. The van der Waals surface area contributed by atoms with Crippen LogP contribution in [-0.4, -0.2) is 23.7 Å². The Kier molecular flexibility index (Phi) is 3.70. The summed E-state index contributed by atoms with van der Waals surface area (Å²) >= 11 is 6.99. The highest BCUT2D eigenvalue weighted by Gasteiger charge is 2.38. The highest BCUT2D eigenvalue weighted by Crippen LogP contribution is 2.41. The third-order valence-corrected chi connectivity index (χ3v) is 5.94. The Morgan fingerprint density at radius 1 is 1.35 bits per heavy atom. The van der Waals surface area contributed by atoms with Crippen LogP contribution in [0.3, 0.4) is 0 Å². The molecule has 1 fully saturated rings. The van der Waals surface area contributed by atoms with Gasteiger partial charge in [0.25, 0.3) is 10.1 Å². The van der Waals surface area contributed by atoms with Crippen molar-refractivity contribution in [1.29, 1.82) is 0 Å². The Labute approximate surface area is 109 Å². The van der Waals surface area contributed by atoms with Crippen molar-refractivity contribution >= 4 is 33.5 Å². The lowest BCUT2D eigenvalue weighted by Gasteiger charge is -2.13. The van der Waals surface area contributed by atoms with Crippen molar-refractivity contribution in [3.63, 3.8) is 0 Å². The molecule has 0 saturated carbocycles. The molecule has 0 aromatic heterocycles. The van der Waals surface area contributed by atoms with Gasteiger partial charge in [-0.15, -0.1) is 11.8 Å². The van der Waals surface area contributed by atoms with E-state index in [4.69, 9.17) is 16.2 Å². The normalized spacial score (nSPS) is 29.5. The Morgan fingerprint density at radius 3 is 2.41 bits per heavy atom. The van der Waals surface area contributed by atoms with Crippen molar-refractivity contribution in [3.05, 3.63) is 34.9 Å². The van der Waals surface area contributed by atoms with E-state index < -0.39 is 14.8 Å². The summed E-state index contributed by atoms with van der Waals surface area (Å²) in [5.74, 6) is 0. The molecule has 94 valence electrons. The highest BCUT2D eigenvalue weighted by molar-refractivity contribution is 8.12. The third kappa shape index (κ3) is 2.95. The minimum atomic E-state index is -4.06. The van der Waals surface area contributed by atoms with Crippen LogP contribution in [0.15, 0.2) is 24.3 Å². The number of rotatable bonds is 2. The summed E-state index contributed by atoms with van der Waals surface area (Å²) in [6, 6.07) is 7.23. The van der Waals surface area contributed by atoms with Gasteiger partial charge in [0, 0.05) is 16.3 Å². The van der Waals surface area contributed by atoms with Gasteiger partial charge in [0.1, 0.15) is 0 Å². The first-order valence-corrected chi connectivity index (χ1v) is 7.83. The maximum absolute atomic E-state index is 11.1. The van der Waals surface area contributed by atoms with Crippen LogP contribution in [0.4, 0.5) is 0 Å². The molecule has 1 heterocycles. The maximum Gasteiger partial charge on any atom is 0.290 e. The number of nitrogens with one attached hydrogen (secondary N) is 1. The summed E-state index contributed by atoms with van der Waals surface area (Å²) in [5, 5.41) is 3.48. The first-order chi connectivity index (χ1) is 7.88. The molecule has 17 heavy (non-hydrogen) atoms. The Bertz CT molecular complexity index is 503. The van der Waals surface area contributed by atoms with Crippen LogP contribution in [0.1, 0.15) is 17.7 Å². The van der Waals surface area contributed by atoms with Gasteiger partial charge in [0.05, 0.1) is 0 Å². The molecular formula is C10H12ClNO3S2. The van der Waals surface area contributed by atoms with E-state index in [1.165, 1.54) is 11.8 Å². The number of halogens is 1. The quantitative estimate of drug-likeness (QED) is 0.819. The predicted molar refractivity (Wildman–Crippen MR) is 69.7 cm³/mol. The standard InChI is InChI=1S/C10H12ClNO3S2/c1-6-9(7-2-4-8(11)5-3-7)16-10(12-6)17(13,14)15/h2-6,9-10,12H,1H3,(H,13,14,15). The summed E-state index contributed by atoms with van der Waals surface area (Å²) < 4.78 is 30.2. The van der Waals surface area contributed by atoms with Gasteiger partial charge in [-0.25, -0.2) is 0 Å². The summed E-state index contributed by atoms with van der Waals surface area (Å²) in [7, 11) is -4.06. The molecule has 4 nitrogen and oxygen atoms in total. The molecule has 1 aromatic rings. The van der Waals surface area contributed by atoms with Crippen LogP contribution >= 0.6 is 23.4 Å². The number of benzene rings is 1. The van der Waals surface area contributed by atoms with Gasteiger partial charge in [0.15, 0.2) is 4.71 Å². The zero-order valence-corrected chi connectivity index (χ0v) is 11.4. The van der Waals surface area contributed by atoms with Crippen LogP contribution in [0, 0.1) is 0 Å². The zero-order valence-electron chi connectivity index (χ0n) is 9.00. The molecule has 0 amide bonds. The van der Waals surface area contributed by atoms with Gasteiger partial charge >= 0.3 is 0 Å². The molecule has 1 aliphatic heterocycles. The largest absolute Gasteiger partial charge is 0.290 e. The fraction of sp³-hybridized carbons (Fsp3) is 0.400. The minimum absolute atomic E-state index is 0.0146. The van der Waals surface area contributed by atoms with Crippen molar-refractivity contribution in [2.24, 2.45) is 0 Å². The summed E-state index contributed by atoms with van der Waals surface area (Å²) in [6.07, 6.45) is 0. The summed E-state index contributed by atoms with van der Waals surface area (Å²) in [5.41, 5.74) is 0.991. The lowest BCUT2D eigenvalue weighted by Crippen LogP contribution is -2.33. The molecule has 1 aliphatic rings. The van der Waals surface area contributed by atoms with E-state index in [0.29, 0.717) is 5.02 Å². The topological polar surface area (TPSA) is 66.4 Å². The highest BCUT2D eigenvalue weighted by atomic mass is 35.5. The SMILES string of the molecule is CC1NC(S(=O)(=O)O)SC1c1ccc(Cl)cc1. The summed E-state index contributed by atoms with van der Waals surface area (Å²) in [6.45, 7) is 1.89. The number of hydrogen-bond acceptors (Lipinski definition) is 4. The van der Waals surface area contributed by atoms with Crippen molar-refractivity contribution in [3.8, 4) is 0 Å². The first kappa shape index (κ1) is 13.2. The van der Waals surface area contributed by atoms with Gasteiger partial charge in [-0.2, -0.15) is 8.42 Å². The van der Waals surface area contributed by atoms with E-state index in [1.54, 1.807) is 12.1 Å². The Morgan fingerprint density at radius 2 is 1.94 bits per heavy atom. The van der Waals surface area contributed by atoms with E-state index in [2.05, 4.69) is 5.32 Å². The molecule has 3 atom stereocenters. The van der Waals surface area contributed by atoms with Crippen molar-refractivity contribution in [2.75, 3.05) is 0 Å². The van der Waals surface area contributed by atoms with Crippen LogP contribution in [0.2, 0.25) is 5.02 Å². The summed E-state index contributed by atoms with van der Waals surface area (Å²) in [4.78, 5) is 0. The maximum atomic E-state index is 11.1. The zero-order chi connectivity index (χ0) is 12.6. The van der Waals surface area contributed by atoms with Crippen LogP contribution < -0.4 is 5.32 Å². The van der Waals surface area contributed by atoms with Gasteiger partial charge in [-0.05, 0) is 24.6 Å². The molecular weight excluding hydrogens is 282 g/mol. The lowest BCUT2D eigenvalue weighted by atomic mass is 10.1. The molecule has 0 spiro atoms. The molecule has 0 bridgehead atoms. The van der Waals surface area contributed by atoms with Gasteiger partial charge in [0.2, 0.25) is 0 Å². The fourth-order valence-electron chi connectivity index (χ4n) is 1.77. The van der Waals surface area contributed by atoms with Gasteiger partial charge in [-0.1, -0.05) is 23.7 Å². The minimum Gasteiger partial charge on any atom is -0.287 e. The molecule has 1 aromatic carbocycles. The predicted octanol–water partition coefficient (Wildman–Crippen LogP) is 2.28. The second kappa shape index (κ2) is 4.78. The molecule has 0 radical (unpaired) electrons. The van der Waals surface area contributed by atoms with E-state index >= 15 is 0 Å². The van der Waals surface area contributed by atoms with Crippen molar-refractivity contribution in [2.45, 2.75) is 22.9 Å². The molecule has 0 aliphatic carbocycles. The molecule has 7 heteroatoms. The van der Waals surface area contributed by atoms with E-state index in [9.17, 15) is 8.42 Å². The van der Waals surface area contributed by atoms with E-state index in [0.717, 1.165) is 5.56 Å². The average molecular weight is 294 g/mol. The van der Waals surface area contributed by atoms with Gasteiger partial charge in [-0.3, -0.25) is 9.87 Å². The number of thioether (sulfide) groups is 1.